The second-order valence-electron chi connectivity index (χ2n) is 6.74. The summed E-state index contributed by atoms with van der Waals surface area (Å²) in [6.45, 7) is 1.21. The molecule has 30 heavy (non-hydrogen) atoms. The number of rotatable bonds is 10. The van der Waals surface area contributed by atoms with Crippen molar-refractivity contribution in [2.24, 2.45) is 5.73 Å². The fourth-order valence-corrected chi connectivity index (χ4v) is 2.88. The Morgan fingerprint density at radius 1 is 1.03 bits per heavy atom. The van der Waals surface area contributed by atoms with E-state index < -0.39 is 47.6 Å². The molecular weight excluding hydrogens is 396 g/mol. The normalized spacial score (nSPS) is 14.6. The van der Waals surface area contributed by atoms with Gasteiger partial charge in [0.15, 0.2) is 0 Å². The van der Waals surface area contributed by atoms with E-state index in [-0.39, 0.29) is 36.9 Å². The van der Waals surface area contributed by atoms with Gasteiger partial charge in [0.1, 0.15) is 12.1 Å². The number of amides is 5. The molecule has 11 heteroatoms. The smallest absolute Gasteiger partial charge is 0.303 e. The highest BCUT2D eigenvalue weighted by atomic mass is 16.4. The van der Waals surface area contributed by atoms with Gasteiger partial charge in [-0.1, -0.05) is 12.1 Å². The van der Waals surface area contributed by atoms with Crippen molar-refractivity contribution < 1.29 is 33.9 Å². The first-order valence-electron chi connectivity index (χ1n) is 9.18. The highest BCUT2D eigenvalue weighted by molar-refractivity contribution is 6.21. The Morgan fingerprint density at radius 2 is 1.60 bits per heavy atom. The molecule has 1 heterocycles. The number of hydrogen-bond acceptors (Lipinski definition) is 6. The second-order valence-corrected chi connectivity index (χ2v) is 6.74. The number of primary amides is 1. The van der Waals surface area contributed by atoms with Gasteiger partial charge in [-0.25, -0.2) is 0 Å². The number of carboxylic acids is 1. The molecule has 2 atom stereocenters. The average Bonchev–Trinajstić information content (AvgIpc) is 2.93. The third-order valence-corrected chi connectivity index (χ3v) is 4.52. The number of imide groups is 1. The lowest BCUT2D eigenvalue weighted by molar-refractivity contribution is -0.137. The van der Waals surface area contributed by atoms with E-state index in [2.05, 4.69) is 10.6 Å². The van der Waals surface area contributed by atoms with Crippen LogP contribution in [-0.4, -0.2) is 64.1 Å². The van der Waals surface area contributed by atoms with Crippen LogP contribution in [0, 0.1) is 0 Å². The highest BCUT2D eigenvalue weighted by Gasteiger charge is 2.35. The summed E-state index contributed by atoms with van der Waals surface area (Å²) >= 11 is 0. The summed E-state index contributed by atoms with van der Waals surface area (Å²) in [7, 11) is 0. The first kappa shape index (κ1) is 22.5. The number of carboxylic acid groups (broad SMARTS) is 1. The Kier molecular flexibility index (Phi) is 7.23. The summed E-state index contributed by atoms with van der Waals surface area (Å²) in [5.41, 5.74) is 5.69. The number of nitrogens with one attached hydrogen (secondary N) is 2. The number of benzene rings is 1. The second kappa shape index (κ2) is 9.63. The van der Waals surface area contributed by atoms with Crippen molar-refractivity contribution >= 4 is 35.5 Å². The molecule has 5 amide bonds. The van der Waals surface area contributed by atoms with Gasteiger partial charge in [-0.05, 0) is 25.5 Å². The van der Waals surface area contributed by atoms with Crippen LogP contribution >= 0.6 is 0 Å². The summed E-state index contributed by atoms with van der Waals surface area (Å²) < 4.78 is 0. The number of nitrogens with zero attached hydrogens (tertiary/aromatic N) is 1. The molecule has 0 aromatic heterocycles. The van der Waals surface area contributed by atoms with Crippen molar-refractivity contribution in [2.45, 2.75) is 38.3 Å². The zero-order chi connectivity index (χ0) is 22.4. The molecule has 5 N–H and O–H groups in total. The molecule has 1 aliphatic rings. The summed E-state index contributed by atoms with van der Waals surface area (Å²) in [4.78, 5) is 71.7. The molecule has 0 fully saturated rings. The zero-order valence-electron chi connectivity index (χ0n) is 16.2. The van der Waals surface area contributed by atoms with Crippen LogP contribution in [0.4, 0.5) is 0 Å². The number of nitrogens with two attached hydrogens (primary N) is 1. The number of fused-ring (bicyclic) bond motifs is 1. The van der Waals surface area contributed by atoms with Crippen LogP contribution in [0.1, 0.15) is 46.9 Å². The molecule has 160 valence electrons. The average molecular weight is 418 g/mol. The van der Waals surface area contributed by atoms with Crippen LogP contribution in [-0.2, 0) is 19.2 Å². The molecule has 0 spiro atoms. The summed E-state index contributed by atoms with van der Waals surface area (Å²) in [5, 5.41) is 13.4. The summed E-state index contributed by atoms with van der Waals surface area (Å²) in [6.07, 6.45) is -0.771. The third-order valence-electron chi connectivity index (χ3n) is 4.52. The molecule has 0 saturated heterocycles. The van der Waals surface area contributed by atoms with Crippen molar-refractivity contribution in [3.05, 3.63) is 35.4 Å². The van der Waals surface area contributed by atoms with Gasteiger partial charge < -0.3 is 21.5 Å². The Morgan fingerprint density at radius 3 is 2.10 bits per heavy atom. The number of aliphatic carboxylic acids is 1. The van der Waals surface area contributed by atoms with Crippen LogP contribution in [0.5, 0.6) is 0 Å². The molecule has 0 saturated carbocycles. The van der Waals surface area contributed by atoms with Gasteiger partial charge in [-0.15, -0.1) is 0 Å². The van der Waals surface area contributed by atoms with E-state index in [0.717, 1.165) is 4.90 Å². The van der Waals surface area contributed by atoms with E-state index in [4.69, 9.17) is 10.8 Å². The summed E-state index contributed by atoms with van der Waals surface area (Å²) in [6, 6.07) is 4.09. The van der Waals surface area contributed by atoms with Gasteiger partial charge in [0.25, 0.3) is 11.8 Å². The van der Waals surface area contributed by atoms with Crippen LogP contribution in [0.15, 0.2) is 24.3 Å². The largest absolute Gasteiger partial charge is 0.481 e. The maximum Gasteiger partial charge on any atom is 0.303 e. The van der Waals surface area contributed by atoms with Crippen LogP contribution in [0.2, 0.25) is 0 Å². The van der Waals surface area contributed by atoms with Crippen LogP contribution in [0.3, 0.4) is 0 Å². The van der Waals surface area contributed by atoms with Crippen molar-refractivity contribution in [2.75, 3.05) is 6.54 Å². The fraction of sp³-hybridized carbons (Fsp3) is 0.368. The number of carbonyl (C=O) groups excluding carboxylic acids is 5. The predicted molar refractivity (Wildman–Crippen MR) is 102 cm³/mol. The Hall–Kier alpha value is -3.76. The number of carbonyl (C=O) groups is 6. The van der Waals surface area contributed by atoms with E-state index in [0.29, 0.717) is 0 Å². The van der Waals surface area contributed by atoms with Crippen molar-refractivity contribution in [3.8, 4) is 0 Å². The van der Waals surface area contributed by atoms with Crippen LogP contribution in [0.25, 0.3) is 0 Å². The van der Waals surface area contributed by atoms with Gasteiger partial charge in [0, 0.05) is 19.4 Å². The lowest BCUT2D eigenvalue weighted by Gasteiger charge is -2.19. The molecular formula is C19H22N4O7. The minimum absolute atomic E-state index is 0.158. The SMILES string of the molecule is C[C@H](NC(=O)CCN1C(=O)c2ccccc2C1=O)C(=O)N[C@H](CCC(=O)O)C(N)=O. The molecule has 1 aromatic rings. The molecule has 0 radical (unpaired) electrons. The molecule has 11 nitrogen and oxygen atoms in total. The third kappa shape index (κ3) is 5.40. The van der Waals surface area contributed by atoms with E-state index in [9.17, 15) is 28.8 Å². The monoisotopic (exact) mass is 418 g/mol. The number of hydrogen-bond donors (Lipinski definition) is 4. The van der Waals surface area contributed by atoms with Gasteiger partial charge in [-0.3, -0.25) is 33.7 Å². The molecule has 1 aromatic carbocycles. The Labute approximate surface area is 171 Å². The van der Waals surface area contributed by atoms with Crippen molar-refractivity contribution in [1.29, 1.82) is 0 Å². The van der Waals surface area contributed by atoms with Gasteiger partial charge in [-0.2, -0.15) is 0 Å². The van der Waals surface area contributed by atoms with E-state index >= 15 is 0 Å². The van der Waals surface area contributed by atoms with Crippen molar-refractivity contribution in [1.82, 2.24) is 15.5 Å². The van der Waals surface area contributed by atoms with Crippen LogP contribution < -0.4 is 16.4 Å². The maximum atomic E-state index is 12.3. The van der Waals surface area contributed by atoms with Crippen molar-refractivity contribution in [3.63, 3.8) is 0 Å². The predicted octanol–water partition coefficient (Wildman–Crippen LogP) is -0.988. The minimum Gasteiger partial charge on any atom is -0.481 e. The van der Waals surface area contributed by atoms with Gasteiger partial charge >= 0.3 is 5.97 Å². The van der Waals surface area contributed by atoms with Gasteiger partial charge in [0.2, 0.25) is 17.7 Å². The fourth-order valence-electron chi connectivity index (χ4n) is 2.88. The van der Waals surface area contributed by atoms with E-state index in [1.54, 1.807) is 12.1 Å². The molecule has 0 bridgehead atoms. The Bertz CT molecular complexity index is 864. The van der Waals surface area contributed by atoms with E-state index in [1.165, 1.54) is 19.1 Å². The quantitative estimate of drug-likeness (QED) is 0.353. The summed E-state index contributed by atoms with van der Waals surface area (Å²) in [5.74, 6) is -4.33. The maximum absolute atomic E-state index is 12.3. The zero-order valence-corrected chi connectivity index (χ0v) is 16.2. The topological polar surface area (TPSA) is 176 Å². The standard InChI is InChI=1S/C19H22N4O7/c1-10(17(28)22-13(16(20)27)6-7-15(25)26)21-14(24)8-9-23-18(29)11-4-2-3-5-12(11)19(23)30/h2-5,10,13H,6-9H2,1H3,(H2,20,27)(H,21,24)(H,22,28)(H,25,26)/t10-,13+/m0/s1. The lowest BCUT2D eigenvalue weighted by Crippen LogP contribution is -2.52. The molecule has 2 rings (SSSR count). The molecule has 0 aliphatic carbocycles. The first-order valence-corrected chi connectivity index (χ1v) is 9.18. The first-order chi connectivity index (χ1) is 14.1. The van der Waals surface area contributed by atoms with Gasteiger partial charge in [0.05, 0.1) is 11.1 Å². The highest BCUT2D eigenvalue weighted by Crippen LogP contribution is 2.22. The molecule has 0 unspecified atom stereocenters. The Balaban J connectivity index is 1.85. The minimum atomic E-state index is -1.19. The molecule has 1 aliphatic heterocycles. The lowest BCUT2D eigenvalue weighted by atomic mass is 10.1. The van der Waals surface area contributed by atoms with E-state index in [1.807, 2.05) is 0 Å².